The molecule has 2 aromatic carbocycles. The average molecular weight is 375 g/mol. The van der Waals surface area contributed by atoms with E-state index < -0.39 is 11.9 Å². The summed E-state index contributed by atoms with van der Waals surface area (Å²) >= 11 is 1.73. The number of aliphatic carboxylic acids is 2. The Balaban J connectivity index is 0.000000359. The van der Waals surface area contributed by atoms with Crippen molar-refractivity contribution in [2.45, 2.75) is 16.3 Å². The molecule has 0 amide bonds. The molecule has 3 N–H and O–H groups in total. The summed E-state index contributed by atoms with van der Waals surface area (Å²) in [6.07, 6.45) is 1.12. The minimum absolute atomic E-state index is 0.306. The van der Waals surface area contributed by atoms with Gasteiger partial charge in [-0.3, -0.25) is 0 Å². The fourth-order valence-electron chi connectivity index (χ4n) is 1.86. The van der Waals surface area contributed by atoms with Crippen LogP contribution in [-0.2, 0) is 16.1 Å². The van der Waals surface area contributed by atoms with Crippen LogP contribution in [0, 0.1) is 0 Å². The second-order valence-electron chi connectivity index (χ2n) is 5.45. The lowest BCUT2D eigenvalue weighted by atomic mass is 10.2. The summed E-state index contributed by atoms with van der Waals surface area (Å²) in [6.45, 7) is 0.932. The summed E-state index contributed by atoms with van der Waals surface area (Å²) in [5.41, 5.74) is 1.32. The molecule has 138 valence electrons. The van der Waals surface area contributed by atoms with Crippen molar-refractivity contribution in [3.05, 3.63) is 66.2 Å². The summed E-state index contributed by atoms with van der Waals surface area (Å²) in [4.78, 5) is 23.7. The summed E-state index contributed by atoms with van der Waals surface area (Å²) in [5, 5.41) is 24.9. The molecule has 7 heteroatoms. The van der Waals surface area contributed by atoms with Crippen LogP contribution in [0.3, 0.4) is 0 Å². The number of benzene rings is 2. The fourth-order valence-corrected chi connectivity index (χ4v) is 2.79. The molecule has 0 aliphatic carbocycles. The minimum atomic E-state index is -1.26. The number of carboxylic acids is 2. The monoisotopic (exact) mass is 375 g/mol. The first-order chi connectivity index (χ1) is 12.3. The molecular weight excluding hydrogens is 354 g/mol. The van der Waals surface area contributed by atoms with Gasteiger partial charge in [0.05, 0.1) is 0 Å². The zero-order valence-corrected chi connectivity index (χ0v) is 15.3. The van der Waals surface area contributed by atoms with E-state index in [-0.39, 0.29) is 0 Å². The second kappa shape index (κ2) is 11.0. The van der Waals surface area contributed by atoms with Crippen LogP contribution >= 0.6 is 11.8 Å². The maximum atomic E-state index is 9.55. The van der Waals surface area contributed by atoms with Gasteiger partial charge in [-0.2, -0.15) is 0 Å². The zero-order chi connectivity index (χ0) is 19.5. The largest absolute Gasteiger partial charge is 0.508 e. The Morgan fingerprint density at radius 2 is 1.50 bits per heavy atom. The van der Waals surface area contributed by atoms with Gasteiger partial charge in [0.25, 0.3) is 0 Å². The summed E-state index contributed by atoms with van der Waals surface area (Å²) in [5.74, 6) is -2.21. The molecule has 2 aromatic rings. The van der Waals surface area contributed by atoms with E-state index in [2.05, 4.69) is 43.3 Å². The van der Waals surface area contributed by atoms with E-state index in [1.807, 2.05) is 12.1 Å². The molecule has 0 saturated heterocycles. The highest BCUT2D eigenvalue weighted by molar-refractivity contribution is 7.99. The third-order valence-corrected chi connectivity index (χ3v) is 4.02. The molecule has 0 radical (unpaired) electrons. The Morgan fingerprint density at radius 1 is 0.962 bits per heavy atom. The molecule has 0 saturated carbocycles. The number of hydrogen-bond acceptors (Lipinski definition) is 5. The van der Waals surface area contributed by atoms with Crippen LogP contribution in [-0.4, -0.2) is 46.3 Å². The number of carbonyl (C=O) groups is 2. The van der Waals surface area contributed by atoms with Crippen LogP contribution in [0.1, 0.15) is 5.56 Å². The lowest BCUT2D eigenvalue weighted by Gasteiger charge is -2.13. The molecule has 0 bridgehead atoms. The van der Waals surface area contributed by atoms with E-state index >= 15 is 0 Å². The number of rotatable bonds is 6. The number of hydrogen-bond donors (Lipinski definition) is 3. The third-order valence-electron chi connectivity index (χ3n) is 2.89. The molecule has 0 aliphatic heterocycles. The average Bonchev–Trinajstić information content (AvgIpc) is 2.57. The lowest BCUT2D eigenvalue weighted by molar-refractivity contribution is -0.134. The number of carboxylic acid groups (broad SMARTS) is 2. The molecule has 0 atom stereocenters. The molecule has 0 aromatic heterocycles. The number of phenolic OH excluding ortho intramolecular Hbond substituents is 1. The molecule has 6 nitrogen and oxygen atoms in total. The Hall–Kier alpha value is -2.77. The van der Waals surface area contributed by atoms with Gasteiger partial charge < -0.3 is 20.2 Å². The van der Waals surface area contributed by atoms with E-state index in [1.54, 1.807) is 23.9 Å². The van der Waals surface area contributed by atoms with Gasteiger partial charge in [0, 0.05) is 28.5 Å². The van der Waals surface area contributed by atoms with Crippen LogP contribution in [0.15, 0.2) is 70.5 Å². The molecule has 0 aliphatic rings. The number of aromatic hydroxyl groups is 1. The van der Waals surface area contributed by atoms with E-state index in [4.69, 9.17) is 10.2 Å². The van der Waals surface area contributed by atoms with Crippen molar-refractivity contribution in [3.8, 4) is 5.75 Å². The predicted octanol–water partition coefficient (Wildman–Crippen LogP) is 3.32. The first kappa shape index (κ1) is 21.3. The molecule has 0 fully saturated rings. The quantitative estimate of drug-likeness (QED) is 0.666. The molecule has 26 heavy (non-hydrogen) atoms. The Kier molecular flexibility index (Phi) is 8.97. The predicted molar refractivity (Wildman–Crippen MR) is 100 cm³/mol. The maximum absolute atomic E-state index is 9.55. The standard InChI is InChI=1S/C15H17NOS.C4H4O4/c1-16(2)11-12-5-3-4-6-15(12)18-14-9-7-13(17)8-10-14;5-3(6)1-2-4(7)8/h3-10,17H,11H2,1-2H3;1-2H,(H,5,6)(H,7,8)/b;2-1+. The van der Waals surface area contributed by atoms with Gasteiger partial charge in [-0.05, 0) is 50.0 Å². The van der Waals surface area contributed by atoms with Crippen molar-refractivity contribution < 1.29 is 24.9 Å². The van der Waals surface area contributed by atoms with Crippen LogP contribution in [0.2, 0.25) is 0 Å². The zero-order valence-electron chi connectivity index (χ0n) is 14.5. The highest BCUT2D eigenvalue weighted by atomic mass is 32.2. The Morgan fingerprint density at radius 3 is 2.00 bits per heavy atom. The molecular formula is C19H21NO5S. The van der Waals surface area contributed by atoms with Gasteiger partial charge in [0.2, 0.25) is 0 Å². The van der Waals surface area contributed by atoms with Crippen LogP contribution in [0.25, 0.3) is 0 Å². The second-order valence-corrected chi connectivity index (χ2v) is 6.57. The van der Waals surface area contributed by atoms with Crippen molar-refractivity contribution in [1.29, 1.82) is 0 Å². The van der Waals surface area contributed by atoms with Crippen molar-refractivity contribution in [1.82, 2.24) is 4.90 Å². The highest BCUT2D eigenvalue weighted by Crippen LogP contribution is 2.31. The van der Waals surface area contributed by atoms with Crippen molar-refractivity contribution >= 4 is 23.7 Å². The summed E-state index contributed by atoms with van der Waals surface area (Å²) in [7, 11) is 4.14. The van der Waals surface area contributed by atoms with Crippen LogP contribution in [0.5, 0.6) is 5.75 Å². The van der Waals surface area contributed by atoms with Crippen molar-refractivity contribution in [3.63, 3.8) is 0 Å². The summed E-state index contributed by atoms with van der Waals surface area (Å²) in [6, 6.07) is 15.7. The third kappa shape index (κ3) is 8.91. The highest BCUT2D eigenvalue weighted by Gasteiger charge is 2.05. The van der Waals surface area contributed by atoms with Gasteiger partial charge >= 0.3 is 11.9 Å². The smallest absolute Gasteiger partial charge is 0.328 e. The first-order valence-corrected chi connectivity index (χ1v) is 8.43. The molecule has 0 heterocycles. The minimum Gasteiger partial charge on any atom is -0.508 e. The fraction of sp³-hybridized carbons (Fsp3) is 0.158. The molecule has 2 rings (SSSR count). The molecule has 0 spiro atoms. The lowest BCUT2D eigenvalue weighted by Crippen LogP contribution is -2.11. The van der Waals surface area contributed by atoms with Crippen molar-refractivity contribution in [2.75, 3.05) is 14.1 Å². The first-order valence-electron chi connectivity index (χ1n) is 7.61. The Labute approximate surface area is 156 Å². The van der Waals surface area contributed by atoms with Gasteiger partial charge in [-0.25, -0.2) is 9.59 Å². The normalized spacial score (nSPS) is 10.4. The van der Waals surface area contributed by atoms with Crippen LogP contribution < -0.4 is 0 Å². The van der Waals surface area contributed by atoms with Gasteiger partial charge in [-0.1, -0.05) is 30.0 Å². The van der Waals surface area contributed by atoms with E-state index in [9.17, 15) is 14.7 Å². The van der Waals surface area contributed by atoms with Gasteiger partial charge in [0.1, 0.15) is 5.75 Å². The van der Waals surface area contributed by atoms with E-state index in [1.165, 1.54) is 10.5 Å². The SMILES string of the molecule is CN(C)Cc1ccccc1Sc1ccc(O)cc1.O=C(O)/C=C/C(=O)O. The number of phenols is 1. The maximum Gasteiger partial charge on any atom is 0.328 e. The van der Waals surface area contributed by atoms with E-state index in [0.717, 1.165) is 11.4 Å². The van der Waals surface area contributed by atoms with E-state index in [0.29, 0.717) is 17.9 Å². The van der Waals surface area contributed by atoms with Crippen LogP contribution in [0.4, 0.5) is 0 Å². The van der Waals surface area contributed by atoms with Gasteiger partial charge in [0.15, 0.2) is 0 Å². The van der Waals surface area contributed by atoms with Gasteiger partial charge in [-0.15, -0.1) is 0 Å². The topological polar surface area (TPSA) is 98.1 Å². The Bertz CT molecular complexity index is 741. The molecule has 0 unspecified atom stereocenters. The number of nitrogens with zero attached hydrogens (tertiary/aromatic N) is 1. The summed E-state index contributed by atoms with van der Waals surface area (Å²) < 4.78 is 0. The van der Waals surface area contributed by atoms with Crippen molar-refractivity contribution in [2.24, 2.45) is 0 Å².